The van der Waals surface area contributed by atoms with E-state index in [0.29, 0.717) is 20.6 Å². The largest absolute Gasteiger partial charge is 0.463 e. The van der Waals surface area contributed by atoms with Crippen LogP contribution in [-0.4, -0.2) is 27.6 Å². The van der Waals surface area contributed by atoms with Crippen molar-refractivity contribution < 1.29 is 14.3 Å². The number of carbonyl (C=O) groups is 2. The summed E-state index contributed by atoms with van der Waals surface area (Å²) in [6.07, 6.45) is 1.89. The Balaban J connectivity index is 1.62. The zero-order valence-corrected chi connectivity index (χ0v) is 24.8. The quantitative estimate of drug-likeness (QED) is 0.347. The van der Waals surface area contributed by atoms with E-state index in [0.717, 1.165) is 39.5 Å². The van der Waals surface area contributed by atoms with Crippen LogP contribution in [0.4, 0.5) is 5.69 Å². The molecule has 0 fully saturated rings. The number of allylic oxidation sites excluding steroid dienone is 1. The number of aryl methyl sites for hydroxylation is 2. The molecule has 1 aliphatic heterocycles. The van der Waals surface area contributed by atoms with Gasteiger partial charge in [-0.15, -0.1) is 0 Å². The fourth-order valence-electron chi connectivity index (χ4n) is 5.23. The van der Waals surface area contributed by atoms with Gasteiger partial charge < -0.3 is 14.6 Å². The van der Waals surface area contributed by atoms with Crippen molar-refractivity contribution in [1.82, 2.24) is 9.13 Å². The summed E-state index contributed by atoms with van der Waals surface area (Å²) in [5.41, 5.74) is 7.17. The Morgan fingerprint density at radius 3 is 2.37 bits per heavy atom. The number of aromatic nitrogens is 2. The molecular formula is C32H32N4O4S. The fraction of sp³-hybridized carbons (Fsp3) is 0.250. The molecule has 0 saturated heterocycles. The highest BCUT2D eigenvalue weighted by Crippen LogP contribution is 2.31. The number of esters is 1. The van der Waals surface area contributed by atoms with E-state index in [1.807, 2.05) is 81.4 Å². The van der Waals surface area contributed by atoms with Gasteiger partial charge in [0.2, 0.25) is 5.91 Å². The highest BCUT2D eigenvalue weighted by molar-refractivity contribution is 7.07. The highest BCUT2D eigenvalue weighted by Gasteiger charge is 2.33. The number of amides is 1. The maximum Gasteiger partial charge on any atom is 0.338 e. The number of hydrogen-bond donors (Lipinski definition) is 1. The first kappa shape index (κ1) is 28.0. The predicted molar refractivity (Wildman–Crippen MR) is 161 cm³/mol. The van der Waals surface area contributed by atoms with Gasteiger partial charge in [-0.2, -0.15) is 0 Å². The third-order valence-corrected chi connectivity index (χ3v) is 8.10. The average Bonchev–Trinajstić information content (AvgIpc) is 3.38. The number of anilines is 1. The normalized spacial score (nSPS) is 15.0. The van der Waals surface area contributed by atoms with Crippen LogP contribution < -0.4 is 20.2 Å². The van der Waals surface area contributed by atoms with Crippen molar-refractivity contribution >= 4 is 35.0 Å². The Bertz CT molecular complexity index is 1870. The minimum Gasteiger partial charge on any atom is -0.463 e. The number of nitrogens with zero attached hydrogens (tertiary/aromatic N) is 3. The molecule has 2 aromatic carbocycles. The number of hydrogen-bond acceptors (Lipinski definition) is 6. The zero-order chi connectivity index (χ0) is 29.4. The molecule has 1 N–H and O–H groups in total. The highest BCUT2D eigenvalue weighted by atomic mass is 32.1. The molecule has 8 nitrogen and oxygen atoms in total. The molecule has 3 heterocycles. The van der Waals surface area contributed by atoms with Crippen molar-refractivity contribution in [3.8, 4) is 5.69 Å². The second-order valence-corrected chi connectivity index (χ2v) is 11.1. The van der Waals surface area contributed by atoms with Crippen molar-refractivity contribution in [3.63, 3.8) is 0 Å². The standard InChI is InChI=1S/C32H32N4O4S/c1-7-40-31(39)28-20(4)33-32-36(29(28)23-10-8-18(2)9-11-23)30(38)27(41-32)17-24-16-19(3)35(21(24)5)26-14-12-25(13-15-26)34-22(6)37/h8-17,29H,7H2,1-6H3,(H,34,37)/b27-17+/t29-/m1/s1. The van der Waals surface area contributed by atoms with Gasteiger partial charge in [-0.05, 0) is 82.2 Å². The van der Waals surface area contributed by atoms with E-state index < -0.39 is 12.0 Å². The number of carbonyl (C=O) groups excluding carboxylic acids is 2. The summed E-state index contributed by atoms with van der Waals surface area (Å²) in [5.74, 6) is -0.592. The second kappa shape index (κ2) is 11.2. The molecule has 5 rings (SSSR count). The van der Waals surface area contributed by atoms with Gasteiger partial charge in [0.1, 0.15) is 0 Å². The molecule has 0 radical (unpaired) electrons. The predicted octanol–water partition coefficient (Wildman–Crippen LogP) is 4.47. The number of nitrogens with one attached hydrogen (secondary N) is 1. The molecule has 41 heavy (non-hydrogen) atoms. The lowest BCUT2D eigenvalue weighted by Crippen LogP contribution is -2.39. The van der Waals surface area contributed by atoms with E-state index >= 15 is 0 Å². The minimum atomic E-state index is -0.636. The first-order valence-corrected chi connectivity index (χ1v) is 14.2. The smallest absolute Gasteiger partial charge is 0.338 e. The van der Waals surface area contributed by atoms with Gasteiger partial charge in [0, 0.05) is 29.7 Å². The Labute approximate surface area is 241 Å². The third kappa shape index (κ3) is 5.32. The van der Waals surface area contributed by atoms with Gasteiger partial charge in [-0.3, -0.25) is 14.2 Å². The molecule has 0 saturated carbocycles. The monoisotopic (exact) mass is 568 g/mol. The molecule has 1 aliphatic rings. The van der Waals surface area contributed by atoms with Gasteiger partial charge in [-0.25, -0.2) is 9.79 Å². The lowest BCUT2D eigenvalue weighted by Gasteiger charge is -2.24. The van der Waals surface area contributed by atoms with Gasteiger partial charge in [0.15, 0.2) is 4.80 Å². The van der Waals surface area contributed by atoms with Crippen molar-refractivity contribution in [2.24, 2.45) is 4.99 Å². The molecule has 210 valence electrons. The van der Waals surface area contributed by atoms with Crippen LogP contribution in [0.3, 0.4) is 0 Å². The lowest BCUT2D eigenvalue weighted by atomic mass is 9.95. The zero-order valence-electron chi connectivity index (χ0n) is 23.9. The SMILES string of the molecule is CCOC(=O)C1=C(C)N=c2s/c(=C/c3cc(C)n(-c4ccc(NC(C)=O)cc4)c3C)c(=O)n2[C@@H]1c1ccc(C)cc1. The van der Waals surface area contributed by atoms with E-state index in [4.69, 9.17) is 4.74 Å². The van der Waals surface area contributed by atoms with Crippen LogP contribution in [0.15, 0.2) is 75.7 Å². The van der Waals surface area contributed by atoms with Crippen LogP contribution in [0, 0.1) is 20.8 Å². The van der Waals surface area contributed by atoms with Crippen LogP contribution in [0.1, 0.15) is 54.9 Å². The summed E-state index contributed by atoms with van der Waals surface area (Å²) < 4.78 is 9.63. The molecule has 0 aliphatic carbocycles. The van der Waals surface area contributed by atoms with Gasteiger partial charge in [-0.1, -0.05) is 41.2 Å². The summed E-state index contributed by atoms with van der Waals surface area (Å²) in [6.45, 7) is 11.3. The average molecular weight is 569 g/mol. The summed E-state index contributed by atoms with van der Waals surface area (Å²) >= 11 is 1.31. The molecule has 1 amide bonds. The summed E-state index contributed by atoms with van der Waals surface area (Å²) in [6, 6.07) is 16.9. The van der Waals surface area contributed by atoms with Crippen LogP contribution in [0.5, 0.6) is 0 Å². The van der Waals surface area contributed by atoms with E-state index in [1.54, 1.807) is 18.4 Å². The third-order valence-electron chi connectivity index (χ3n) is 7.11. The molecule has 0 spiro atoms. The number of benzene rings is 2. The molecule has 4 aromatic rings. The molecule has 1 atom stereocenters. The first-order valence-electron chi connectivity index (χ1n) is 13.4. The van der Waals surface area contributed by atoms with Crippen molar-refractivity contribution in [3.05, 3.63) is 114 Å². The Morgan fingerprint density at radius 2 is 1.73 bits per heavy atom. The molecule has 2 aromatic heterocycles. The van der Waals surface area contributed by atoms with E-state index in [-0.39, 0.29) is 18.1 Å². The van der Waals surface area contributed by atoms with Crippen LogP contribution >= 0.6 is 11.3 Å². The maximum absolute atomic E-state index is 14.0. The summed E-state index contributed by atoms with van der Waals surface area (Å²) in [5, 5.41) is 2.79. The lowest BCUT2D eigenvalue weighted by molar-refractivity contribution is -0.139. The Morgan fingerprint density at radius 1 is 1.05 bits per heavy atom. The van der Waals surface area contributed by atoms with E-state index in [2.05, 4.69) is 14.9 Å². The topological polar surface area (TPSA) is 94.7 Å². The van der Waals surface area contributed by atoms with Crippen LogP contribution in [0.25, 0.3) is 11.8 Å². The Kier molecular flexibility index (Phi) is 7.64. The fourth-order valence-corrected chi connectivity index (χ4v) is 6.26. The minimum absolute atomic E-state index is 0.121. The van der Waals surface area contributed by atoms with Gasteiger partial charge >= 0.3 is 5.97 Å². The van der Waals surface area contributed by atoms with Crippen molar-refractivity contribution in [2.75, 3.05) is 11.9 Å². The molecular weight excluding hydrogens is 536 g/mol. The Hall–Kier alpha value is -4.50. The van der Waals surface area contributed by atoms with Crippen molar-refractivity contribution in [2.45, 2.75) is 47.6 Å². The van der Waals surface area contributed by atoms with Crippen molar-refractivity contribution in [1.29, 1.82) is 0 Å². The molecule has 0 unspecified atom stereocenters. The number of rotatable bonds is 6. The van der Waals surface area contributed by atoms with Crippen LogP contribution in [-0.2, 0) is 14.3 Å². The molecule has 9 heteroatoms. The molecule has 0 bridgehead atoms. The van der Waals surface area contributed by atoms with Gasteiger partial charge in [0.05, 0.1) is 28.5 Å². The van der Waals surface area contributed by atoms with Crippen LogP contribution in [0.2, 0.25) is 0 Å². The summed E-state index contributed by atoms with van der Waals surface area (Å²) in [7, 11) is 0. The first-order chi connectivity index (χ1) is 19.6. The van der Waals surface area contributed by atoms with E-state index in [1.165, 1.54) is 18.3 Å². The maximum atomic E-state index is 14.0. The van der Waals surface area contributed by atoms with E-state index in [9.17, 15) is 14.4 Å². The van der Waals surface area contributed by atoms with Gasteiger partial charge in [0.25, 0.3) is 5.56 Å². The number of thiazole rings is 1. The number of ether oxygens (including phenoxy) is 1. The second-order valence-electron chi connectivity index (χ2n) is 10.1. The number of fused-ring (bicyclic) bond motifs is 1. The summed E-state index contributed by atoms with van der Waals surface area (Å²) in [4.78, 5) is 43.7.